The Balaban J connectivity index is 2.49. The number of hydrogen-bond donors (Lipinski definition) is 1. The Morgan fingerprint density at radius 3 is 2.81 bits per heavy atom. The summed E-state index contributed by atoms with van der Waals surface area (Å²) in [6, 6.07) is 1.60. The van der Waals surface area contributed by atoms with Crippen molar-refractivity contribution < 1.29 is 4.79 Å². The maximum absolute atomic E-state index is 12.3. The number of imidazole rings is 1. The number of carbonyl (C=O) groups excluding carboxylic acids is 1. The molecule has 0 saturated carbocycles. The van der Waals surface area contributed by atoms with E-state index in [0.717, 1.165) is 15.8 Å². The van der Waals surface area contributed by atoms with Gasteiger partial charge in [-0.15, -0.1) is 11.6 Å². The van der Waals surface area contributed by atoms with Gasteiger partial charge in [-0.25, -0.2) is 9.97 Å². The minimum absolute atomic E-state index is 0.0511. The van der Waals surface area contributed by atoms with Gasteiger partial charge in [0.25, 0.3) is 0 Å². The first-order valence-electron chi connectivity index (χ1n) is 6.82. The van der Waals surface area contributed by atoms with Gasteiger partial charge in [-0.3, -0.25) is 4.79 Å². The molecular formula is C14H18BrClN4O. The van der Waals surface area contributed by atoms with Crippen LogP contribution in [0.3, 0.4) is 0 Å². The number of carbonyl (C=O) groups is 1. The van der Waals surface area contributed by atoms with Gasteiger partial charge in [0, 0.05) is 29.0 Å². The van der Waals surface area contributed by atoms with E-state index in [2.05, 4.69) is 31.2 Å². The molecule has 114 valence electrons. The van der Waals surface area contributed by atoms with Crippen LogP contribution in [0.25, 0.3) is 11.2 Å². The number of amides is 1. The van der Waals surface area contributed by atoms with Crippen molar-refractivity contribution in [3.63, 3.8) is 0 Å². The minimum atomic E-state index is -0.385. The standard InChI is InChI=1S/C14H18BrClN4O/c1-8(2)18-14(21)9(3)20-12(4-5-16)19-11-6-10(15)7-17-13(11)20/h6-9H,4-5H2,1-3H3,(H,18,21). The first-order valence-corrected chi connectivity index (χ1v) is 8.15. The first kappa shape index (κ1) is 16.2. The number of aromatic nitrogens is 3. The van der Waals surface area contributed by atoms with Crippen molar-refractivity contribution in [1.82, 2.24) is 19.9 Å². The van der Waals surface area contributed by atoms with Gasteiger partial charge in [-0.05, 0) is 42.8 Å². The monoisotopic (exact) mass is 372 g/mol. The zero-order chi connectivity index (χ0) is 15.6. The zero-order valence-corrected chi connectivity index (χ0v) is 14.6. The van der Waals surface area contributed by atoms with Crippen molar-refractivity contribution in [3.8, 4) is 0 Å². The largest absolute Gasteiger partial charge is 0.352 e. The number of nitrogens with one attached hydrogen (secondary N) is 1. The number of aryl methyl sites for hydroxylation is 1. The summed E-state index contributed by atoms with van der Waals surface area (Å²) in [4.78, 5) is 21.2. The van der Waals surface area contributed by atoms with Crippen LogP contribution >= 0.6 is 27.5 Å². The number of rotatable bonds is 5. The molecule has 2 aromatic heterocycles. The molecule has 0 aliphatic rings. The molecule has 0 saturated heterocycles. The van der Waals surface area contributed by atoms with E-state index in [0.29, 0.717) is 17.9 Å². The van der Waals surface area contributed by atoms with Crippen molar-refractivity contribution in [3.05, 3.63) is 22.6 Å². The lowest BCUT2D eigenvalue weighted by Crippen LogP contribution is -2.36. The Hall–Kier alpha value is -1.14. The fraction of sp³-hybridized carbons (Fsp3) is 0.500. The van der Waals surface area contributed by atoms with Crippen LogP contribution in [0.4, 0.5) is 0 Å². The average Bonchev–Trinajstić information content (AvgIpc) is 2.74. The number of hydrogen-bond acceptors (Lipinski definition) is 3. The van der Waals surface area contributed by atoms with Crippen molar-refractivity contribution in [2.45, 2.75) is 39.3 Å². The lowest BCUT2D eigenvalue weighted by atomic mass is 10.2. The summed E-state index contributed by atoms with van der Waals surface area (Å²) in [5.74, 6) is 1.17. The van der Waals surface area contributed by atoms with E-state index < -0.39 is 0 Å². The highest BCUT2D eigenvalue weighted by atomic mass is 79.9. The van der Waals surface area contributed by atoms with E-state index >= 15 is 0 Å². The van der Waals surface area contributed by atoms with Crippen molar-refractivity contribution in [2.75, 3.05) is 5.88 Å². The fourth-order valence-corrected chi connectivity index (χ4v) is 2.68. The second-order valence-electron chi connectivity index (χ2n) is 5.17. The minimum Gasteiger partial charge on any atom is -0.352 e. The van der Waals surface area contributed by atoms with Crippen LogP contribution in [0.15, 0.2) is 16.7 Å². The molecule has 1 atom stereocenters. The topological polar surface area (TPSA) is 59.8 Å². The van der Waals surface area contributed by atoms with E-state index in [9.17, 15) is 4.79 Å². The number of nitrogens with zero attached hydrogens (tertiary/aromatic N) is 3. The van der Waals surface area contributed by atoms with Gasteiger partial charge in [-0.2, -0.15) is 0 Å². The SMILES string of the molecule is CC(C)NC(=O)C(C)n1c(CCCl)nc2cc(Br)cnc21. The summed E-state index contributed by atoms with van der Waals surface area (Å²) < 4.78 is 2.72. The van der Waals surface area contributed by atoms with Crippen LogP contribution in [-0.4, -0.2) is 32.4 Å². The third-order valence-electron chi connectivity index (χ3n) is 3.09. The molecule has 21 heavy (non-hydrogen) atoms. The molecular weight excluding hydrogens is 356 g/mol. The third-order valence-corrected chi connectivity index (χ3v) is 3.71. The Kier molecular flexibility index (Phi) is 5.22. The molecule has 7 heteroatoms. The summed E-state index contributed by atoms with van der Waals surface area (Å²) in [6.45, 7) is 5.72. The van der Waals surface area contributed by atoms with Gasteiger partial charge in [0.05, 0.1) is 0 Å². The smallest absolute Gasteiger partial charge is 0.243 e. The summed E-state index contributed by atoms with van der Waals surface area (Å²) >= 11 is 9.24. The molecule has 0 spiro atoms. The number of halogens is 2. The van der Waals surface area contributed by atoms with Crippen molar-refractivity contribution in [2.24, 2.45) is 0 Å². The van der Waals surface area contributed by atoms with Gasteiger partial charge < -0.3 is 9.88 Å². The van der Waals surface area contributed by atoms with E-state index in [1.54, 1.807) is 6.20 Å². The predicted octanol–water partition coefficient (Wildman–Crippen LogP) is 3.06. The van der Waals surface area contributed by atoms with Gasteiger partial charge in [-0.1, -0.05) is 0 Å². The van der Waals surface area contributed by atoms with E-state index in [1.807, 2.05) is 31.4 Å². The highest BCUT2D eigenvalue weighted by molar-refractivity contribution is 9.10. The third kappa shape index (κ3) is 3.55. The molecule has 2 rings (SSSR count). The van der Waals surface area contributed by atoms with E-state index in [1.165, 1.54) is 0 Å². The quantitative estimate of drug-likeness (QED) is 0.819. The molecule has 5 nitrogen and oxygen atoms in total. The lowest BCUT2D eigenvalue weighted by Gasteiger charge is -2.18. The predicted molar refractivity (Wildman–Crippen MR) is 87.6 cm³/mol. The normalized spacial score (nSPS) is 12.9. The Morgan fingerprint density at radius 1 is 1.48 bits per heavy atom. The second-order valence-corrected chi connectivity index (χ2v) is 6.47. The van der Waals surface area contributed by atoms with Gasteiger partial charge in [0.15, 0.2) is 5.65 Å². The molecule has 0 bridgehead atoms. The molecule has 1 N–H and O–H groups in total. The zero-order valence-electron chi connectivity index (χ0n) is 12.2. The highest BCUT2D eigenvalue weighted by Crippen LogP contribution is 2.23. The number of alkyl halides is 1. The lowest BCUT2D eigenvalue weighted by molar-refractivity contribution is -0.124. The highest BCUT2D eigenvalue weighted by Gasteiger charge is 2.22. The van der Waals surface area contributed by atoms with Crippen LogP contribution in [0, 0.1) is 0 Å². The van der Waals surface area contributed by atoms with Crippen LogP contribution in [0.5, 0.6) is 0 Å². The van der Waals surface area contributed by atoms with E-state index in [-0.39, 0.29) is 18.0 Å². The Bertz CT molecular complexity index is 656. The molecule has 0 radical (unpaired) electrons. The summed E-state index contributed by atoms with van der Waals surface area (Å²) in [7, 11) is 0. The van der Waals surface area contributed by atoms with Gasteiger partial charge in [0.1, 0.15) is 17.4 Å². The summed E-state index contributed by atoms with van der Waals surface area (Å²) in [6.07, 6.45) is 2.30. The van der Waals surface area contributed by atoms with Crippen LogP contribution < -0.4 is 5.32 Å². The van der Waals surface area contributed by atoms with E-state index in [4.69, 9.17) is 11.6 Å². The van der Waals surface area contributed by atoms with Gasteiger partial charge >= 0.3 is 0 Å². The maximum atomic E-state index is 12.3. The molecule has 0 aromatic carbocycles. The molecule has 1 amide bonds. The van der Waals surface area contributed by atoms with Gasteiger partial charge in [0.2, 0.25) is 5.91 Å². The number of fused-ring (bicyclic) bond motifs is 1. The molecule has 1 unspecified atom stereocenters. The molecule has 2 heterocycles. The summed E-state index contributed by atoms with van der Waals surface area (Å²) in [5.41, 5.74) is 1.46. The van der Waals surface area contributed by atoms with Crippen LogP contribution in [0.1, 0.15) is 32.6 Å². The maximum Gasteiger partial charge on any atom is 0.243 e. The molecule has 0 aliphatic carbocycles. The second kappa shape index (κ2) is 6.75. The molecule has 0 aliphatic heterocycles. The van der Waals surface area contributed by atoms with Crippen LogP contribution in [-0.2, 0) is 11.2 Å². The molecule has 0 fully saturated rings. The van der Waals surface area contributed by atoms with Crippen LogP contribution in [0.2, 0.25) is 0 Å². The first-order chi connectivity index (χ1) is 9.93. The Labute approximate surface area is 137 Å². The fourth-order valence-electron chi connectivity index (χ4n) is 2.19. The van der Waals surface area contributed by atoms with Crippen molar-refractivity contribution >= 4 is 44.6 Å². The summed E-state index contributed by atoms with van der Waals surface area (Å²) in [5, 5.41) is 2.92. The van der Waals surface area contributed by atoms with Crippen molar-refractivity contribution in [1.29, 1.82) is 0 Å². The number of pyridine rings is 1. The molecule has 2 aromatic rings. The average molecular weight is 374 g/mol. The Morgan fingerprint density at radius 2 is 2.19 bits per heavy atom.